The Morgan fingerprint density at radius 3 is 2.19 bits per heavy atom. The zero-order valence-corrected chi connectivity index (χ0v) is 17.1. The zero-order chi connectivity index (χ0) is 19.4. The predicted molar refractivity (Wildman–Crippen MR) is 106 cm³/mol. The molecule has 0 atom stereocenters. The summed E-state index contributed by atoms with van der Waals surface area (Å²) in [7, 11) is -3.13. The van der Waals surface area contributed by atoms with Gasteiger partial charge >= 0.3 is 0 Å². The summed E-state index contributed by atoms with van der Waals surface area (Å²) in [5.41, 5.74) is 2.59. The molecule has 3 rings (SSSR count). The van der Waals surface area contributed by atoms with Crippen LogP contribution >= 0.6 is 0 Å². The highest BCUT2D eigenvalue weighted by atomic mass is 32.2. The van der Waals surface area contributed by atoms with Crippen LogP contribution in [0, 0.1) is 6.92 Å². The maximum absolute atomic E-state index is 12.6. The molecule has 0 N–H and O–H groups in total. The first-order valence-electron chi connectivity index (χ1n) is 9.54. The third-order valence-electron chi connectivity index (χ3n) is 5.37. The Morgan fingerprint density at radius 2 is 1.59 bits per heavy atom. The molecule has 0 unspecified atom stereocenters. The molecular formula is C19H30N4O3S. The molecule has 0 aromatic heterocycles. The number of sulfonamides is 1. The van der Waals surface area contributed by atoms with E-state index < -0.39 is 10.0 Å². The number of hydrogen-bond donors (Lipinski definition) is 0. The number of carbonyl (C=O) groups is 1. The van der Waals surface area contributed by atoms with Gasteiger partial charge in [-0.3, -0.25) is 14.6 Å². The van der Waals surface area contributed by atoms with Gasteiger partial charge < -0.3 is 4.90 Å². The monoisotopic (exact) mass is 394 g/mol. The Labute approximate surface area is 162 Å². The van der Waals surface area contributed by atoms with E-state index in [-0.39, 0.29) is 5.91 Å². The summed E-state index contributed by atoms with van der Waals surface area (Å²) in [6.45, 7) is 8.89. The lowest BCUT2D eigenvalue weighted by Crippen LogP contribution is -2.54. The molecular weight excluding hydrogens is 364 g/mol. The quantitative estimate of drug-likeness (QED) is 0.715. The van der Waals surface area contributed by atoms with Crippen molar-refractivity contribution >= 4 is 15.9 Å². The van der Waals surface area contributed by atoms with Crippen molar-refractivity contribution in [2.45, 2.75) is 13.5 Å². The number of nitrogens with zero attached hydrogens (tertiary/aromatic N) is 4. The van der Waals surface area contributed by atoms with E-state index in [2.05, 4.69) is 41.0 Å². The Balaban J connectivity index is 1.41. The molecule has 1 aromatic carbocycles. The van der Waals surface area contributed by atoms with Crippen molar-refractivity contribution in [3.8, 4) is 0 Å². The van der Waals surface area contributed by atoms with Crippen LogP contribution in [0.1, 0.15) is 11.1 Å². The second-order valence-electron chi connectivity index (χ2n) is 7.58. The van der Waals surface area contributed by atoms with Crippen LogP contribution in [0.25, 0.3) is 0 Å². The largest absolute Gasteiger partial charge is 0.339 e. The van der Waals surface area contributed by atoms with E-state index in [1.807, 2.05) is 4.90 Å². The van der Waals surface area contributed by atoms with Crippen molar-refractivity contribution in [2.75, 3.05) is 65.2 Å². The Morgan fingerprint density at radius 1 is 0.963 bits per heavy atom. The van der Waals surface area contributed by atoms with E-state index in [9.17, 15) is 13.2 Å². The van der Waals surface area contributed by atoms with Crippen molar-refractivity contribution in [2.24, 2.45) is 0 Å². The van der Waals surface area contributed by atoms with Crippen LogP contribution in [-0.2, 0) is 21.4 Å². The van der Waals surface area contributed by atoms with Crippen LogP contribution in [0.4, 0.5) is 0 Å². The molecule has 1 aromatic rings. The minimum atomic E-state index is -3.13. The fraction of sp³-hybridized carbons (Fsp3) is 0.632. The van der Waals surface area contributed by atoms with Gasteiger partial charge in [0, 0.05) is 58.9 Å². The summed E-state index contributed by atoms with van der Waals surface area (Å²) < 4.78 is 24.6. The SMILES string of the molecule is Cc1cccc(CN2CCN(C(=O)CN3CCN(S(C)(=O)=O)CC3)CC2)c1. The first-order valence-corrected chi connectivity index (χ1v) is 11.4. The van der Waals surface area contributed by atoms with Crippen LogP contribution in [0.2, 0.25) is 0 Å². The van der Waals surface area contributed by atoms with Gasteiger partial charge in [0.2, 0.25) is 15.9 Å². The second kappa shape index (κ2) is 8.68. The molecule has 2 aliphatic heterocycles. The average Bonchev–Trinajstić information content (AvgIpc) is 2.62. The fourth-order valence-electron chi connectivity index (χ4n) is 3.73. The molecule has 2 aliphatic rings. The van der Waals surface area contributed by atoms with Crippen LogP contribution in [0.3, 0.4) is 0 Å². The number of carbonyl (C=O) groups excluding carboxylic acids is 1. The van der Waals surface area contributed by atoms with E-state index in [0.29, 0.717) is 32.7 Å². The molecule has 150 valence electrons. The highest BCUT2D eigenvalue weighted by Gasteiger charge is 2.27. The van der Waals surface area contributed by atoms with Gasteiger partial charge in [-0.1, -0.05) is 29.8 Å². The summed E-state index contributed by atoms with van der Waals surface area (Å²) in [6, 6.07) is 8.57. The first kappa shape index (κ1) is 20.3. The number of hydrogen-bond acceptors (Lipinski definition) is 5. The molecule has 2 fully saturated rings. The zero-order valence-electron chi connectivity index (χ0n) is 16.3. The van der Waals surface area contributed by atoms with Gasteiger partial charge in [0.1, 0.15) is 0 Å². The third-order valence-corrected chi connectivity index (χ3v) is 6.68. The lowest BCUT2D eigenvalue weighted by Gasteiger charge is -2.37. The number of amides is 1. The lowest BCUT2D eigenvalue weighted by molar-refractivity contribution is -0.134. The normalized spacial score (nSPS) is 20.7. The summed E-state index contributed by atoms with van der Waals surface area (Å²) in [4.78, 5) is 19.0. The predicted octanol–water partition coefficient (Wildman–Crippen LogP) is 0.216. The van der Waals surface area contributed by atoms with E-state index in [0.717, 1.165) is 32.7 Å². The van der Waals surface area contributed by atoms with Crippen LogP contribution in [-0.4, -0.2) is 98.5 Å². The van der Waals surface area contributed by atoms with Crippen molar-refractivity contribution in [3.05, 3.63) is 35.4 Å². The van der Waals surface area contributed by atoms with Crippen molar-refractivity contribution in [1.29, 1.82) is 0 Å². The lowest BCUT2D eigenvalue weighted by atomic mass is 10.1. The van der Waals surface area contributed by atoms with Gasteiger partial charge in [0.25, 0.3) is 0 Å². The highest BCUT2D eigenvalue weighted by molar-refractivity contribution is 7.88. The molecule has 7 nitrogen and oxygen atoms in total. The van der Waals surface area contributed by atoms with E-state index in [1.54, 1.807) is 0 Å². The Kier molecular flexibility index (Phi) is 6.52. The number of benzene rings is 1. The van der Waals surface area contributed by atoms with Crippen molar-refractivity contribution in [3.63, 3.8) is 0 Å². The molecule has 0 bridgehead atoms. The van der Waals surface area contributed by atoms with Crippen LogP contribution in [0.5, 0.6) is 0 Å². The Bertz CT molecular complexity index is 752. The second-order valence-corrected chi connectivity index (χ2v) is 9.57. The molecule has 0 spiro atoms. The van der Waals surface area contributed by atoms with Crippen molar-refractivity contribution < 1.29 is 13.2 Å². The van der Waals surface area contributed by atoms with E-state index >= 15 is 0 Å². The standard InChI is InChI=1S/C19H30N4O3S/c1-17-4-3-5-18(14-17)15-20-6-10-22(11-7-20)19(24)16-21-8-12-23(13-9-21)27(2,25)26/h3-5,14H,6-13,15-16H2,1-2H3. The van der Waals surface area contributed by atoms with Gasteiger partial charge in [-0.2, -0.15) is 4.31 Å². The molecule has 8 heteroatoms. The Hall–Kier alpha value is -1.48. The van der Waals surface area contributed by atoms with Crippen molar-refractivity contribution in [1.82, 2.24) is 19.0 Å². The summed E-state index contributed by atoms with van der Waals surface area (Å²) >= 11 is 0. The number of aryl methyl sites for hydroxylation is 1. The average molecular weight is 395 g/mol. The molecule has 27 heavy (non-hydrogen) atoms. The van der Waals surface area contributed by atoms with Gasteiger partial charge in [-0.25, -0.2) is 8.42 Å². The molecule has 2 heterocycles. The number of rotatable bonds is 5. The molecule has 2 saturated heterocycles. The maximum Gasteiger partial charge on any atom is 0.236 e. The van der Waals surface area contributed by atoms with E-state index in [4.69, 9.17) is 0 Å². The fourth-order valence-corrected chi connectivity index (χ4v) is 4.56. The van der Waals surface area contributed by atoms with Crippen LogP contribution in [0.15, 0.2) is 24.3 Å². The van der Waals surface area contributed by atoms with Gasteiger partial charge in [-0.05, 0) is 12.5 Å². The van der Waals surface area contributed by atoms with E-state index in [1.165, 1.54) is 21.7 Å². The first-order chi connectivity index (χ1) is 12.8. The highest BCUT2D eigenvalue weighted by Crippen LogP contribution is 2.11. The minimum absolute atomic E-state index is 0.151. The molecule has 0 radical (unpaired) electrons. The number of piperazine rings is 2. The summed E-state index contributed by atoms with van der Waals surface area (Å²) in [5.74, 6) is 0.151. The molecule has 0 saturated carbocycles. The molecule has 0 aliphatic carbocycles. The minimum Gasteiger partial charge on any atom is -0.339 e. The van der Waals surface area contributed by atoms with Gasteiger partial charge in [0.15, 0.2) is 0 Å². The van der Waals surface area contributed by atoms with Crippen LogP contribution < -0.4 is 0 Å². The summed E-state index contributed by atoms with van der Waals surface area (Å²) in [5, 5.41) is 0. The molecule has 1 amide bonds. The topological polar surface area (TPSA) is 64.2 Å². The maximum atomic E-state index is 12.6. The van der Waals surface area contributed by atoms with Gasteiger partial charge in [0.05, 0.1) is 12.8 Å². The van der Waals surface area contributed by atoms with Gasteiger partial charge in [-0.15, -0.1) is 0 Å². The smallest absolute Gasteiger partial charge is 0.236 e. The summed E-state index contributed by atoms with van der Waals surface area (Å²) in [6.07, 6.45) is 1.24. The third kappa shape index (κ3) is 5.75.